The molecule has 3 aliphatic heterocycles. The van der Waals surface area contributed by atoms with E-state index in [4.69, 9.17) is 9.47 Å². The monoisotopic (exact) mass is 330 g/mol. The average Bonchev–Trinajstić information content (AvgIpc) is 3.21. The number of carbonyl (C=O) groups is 1. The molecule has 5 heteroatoms. The van der Waals surface area contributed by atoms with Gasteiger partial charge in [-0.15, -0.1) is 0 Å². The summed E-state index contributed by atoms with van der Waals surface area (Å²) in [7, 11) is 2.18. The zero-order valence-corrected chi connectivity index (χ0v) is 14.5. The van der Waals surface area contributed by atoms with E-state index in [9.17, 15) is 4.79 Å². The van der Waals surface area contributed by atoms with Gasteiger partial charge < -0.3 is 19.3 Å². The van der Waals surface area contributed by atoms with Crippen molar-refractivity contribution < 1.29 is 14.3 Å². The standard InChI is InChI=1S/C19H26N2O3/c1-13-18(24-17-10-4-3-9-16(17)23-13)19(22)21-12-6-8-15(21)14-7-5-11-20(14)2/h3-4,9-10,13-15,18H,5-8,11-12H2,1-2H3/t13-,14-,15+,18-/m0/s1. The first kappa shape index (κ1) is 15.8. The van der Waals surface area contributed by atoms with Crippen molar-refractivity contribution in [2.45, 2.75) is 56.9 Å². The third-order valence-electron chi connectivity index (χ3n) is 5.69. The van der Waals surface area contributed by atoms with Crippen molar-refractivity contribution in [1.29, 1.82) is 0 Å². The Kier molecular flexibility index (Phi) is 4.12. The van der Waals surface area contributed by atoms with Gasteiger partial charge in [-0.1, -0.05) is 12.1 Å². The molecule has 0 unspecified atom stereocenters. The van der Waals surface area contributed by atoms with Crippen LogP contribution in [-0.2, 0) is 4.79 Å². The topological polar surface area (TPSA) is 42.0 Å². The summed E-state index contributed by atoms with van der Waals surface area (Å²) in [6, 6.07) is 8.39. The molecule has 0 bridgehead atoms. The SMILES string of the molecule is C[C@@H]1Oc2ccccc2O[C@@H]1C(=O)N1CCC[C@@H]1[C@@H]1CCCN1C. The van der Waals surface area contributed by atoms with Crippen LogP contribution in [0.1, 0.15) is 32.6 Å². The number of carbonyl (C=O) groups excluding carboxylic acids is 1. The molecule has 0 spiro atoms. The smallest absolute Gasteiger partial charge is 0.267 e. The summed E-state index contributed by atoms with van der Waals surface area (Å²) in [4.78, 5) is 17.7. The molecular formula is C19H26N2O3. The Hall–Kier alpha value is -1.75. The number of benzene rings is 1. The minimum Gasteiger partial charge on any atom is -0.482 e. The van der Waals surface area contributed by atoms with Crippen molar-refractivity contribution in [2.24, 2.45) is 0 Å². The largest absolute Gasteiger partial charge is 0.482 e. The van der Waals surface area contributed by atoms with Gasteiger partial charge in [0.1, 0.15) is 6.10 Å². The van der Waals surface area contributed by atoms with Crippen LogP contribution in [0.2, 0.25) is 0 Å². The molecule has 4 rings (SSSR count). The zero-order chi connectivity index (χ0) is 16.7. The summed E-state index contributed by atoms with van der Waals surface area (Å²) in [6.07, 6.45) is 3.78. The predicted octanol–water partition coefficient (Wildman–Crippen LogP) is 2.30. The second-order valence-corrected chi connectivity index (χ2v) is 7.24. The fourth-order valence-corrected chi connectivity index (χ4v) is 4.44. The number of amides is 1. The van der Waals surface area contributed by atoms with E-state index in [1.165, 1.54) is 12.8 Å². The minimum absolute atomic E-state index is 0.0832. The maximum atomic E-state index is 13.2. The van der Waals surface area contributed by atoms with Crippen LogP contribution < -0.4 is 9.47 Å². The van der Waals surface area contributed by atoms with Crippen LogP contribution in [0.4, 0.5) is 0 Å². The molecule has 2 saturated heterocycles. The summed E-state index contributed by atoms with van der Waals surface area (Å²) in [5.74, 6) is 1.48. The Morgan fingerprint density at radius 3 is 2.42 bits per heavy atom. The first-order valence-electron chi connectivity index (χ1n) is 9.08. The Morgan fingerprint density at radius 2 is 1.71 bits per heavy atom. The lowest BCUT2D eigenvalue weighted by atomic mass is 10.0. The Balaban J connectivity index is 1.52. The number of fused-ring (bicyclic) bond motifs is 1. The van der Waals surface area contributed by atoms with Crippen molar-refractivity contribution in [3.8, 4) is 11.5 Å². The van der Waals surface area contributed by atoms with Gasteiger partial charge in [0, 0.05) is 18.6 Å². The summed E-state index contributed by atoms with van der Waals surface area (Å²) in [5.41, 5.74) is 0. The lowest BCUT2D eigenvalue weighted by Gasteiger charge is -2.38. The van der Waals surface area contributed by atoms with Gasteiger partial charge in [0.15, 0.2) is 11.5 Å². The van der Waals surface area contributed by atoms with E-state index in [1.54, 1.807) is 0 Å². The molecule has 3 aliphatic rings. The number of rotatable bonds is 2. The van der Waals surface area contributed by atoms with Gasteiger partial charge >= 0.3 is 0 Å². The molecule has 0 aromatic heterocycles. The second-order valence-electron chi connectivity index (χ2n) is 7.24. The van der Waals surface area contributed by atoms with E-state index in [0.717, 1.165) is 31.7 Å². The predicted molar refractivity (Wildman–Crippen MR) is 91.3 cm³/mol. The van der Waals surface area contributed by atoms with Crippen LogP contribution in [0.5, 0.6) is 11.5 Å². The van der Waals surface area contributed by atoms with E-state index >= 15 is 0 Å². The quantitative estimate of drug-likeness (QED) is 0.834. The number of nitrogens with zero attached hydrogens (tertiary/aromatic N) is 2. The van der Waals surface area contributed by atoms with Gasteiger partial charge in [-0.3, -0.25) is 4.79 Å². The lowest BCUT2D eigenvalue weighted by molar-refractivity contribution is -0.146. The van der Waals surface area contributed by atoms with Crippen LogP contribution in [-0.4, -0.2) is 60.1 Å². The second kappa shape index (κ2) is 6.28. The third-order valence-corrected chi connectivity index (χ3v) is 5.69. The third kappa shape index (κ3) is 2.65. The number of likely N-dealkylation sites (tertiary alicyclic amines) is 2. The molecule has 24 heavy (non-hydrogen) atoms. The molecule has 2 fully saturated rings. The lowest BCUT2D eigenvalue weighted by Crippen LogP contribution is -2.55. The fraction of sp³-hybridized carbons (Fsp3) is 0.632. The molecule has 0 aliphatic carbocycles. The molecule has 5 nitrogen and oxygen atoms in total. The molecule has 3 heterocycles. The van der Waals surface area contributed by atoms with Crippen molar-refractivity contribution in [2.75, 3.05) is 20.1 Å². The first-order chi connectivity index (χ1) is 11.6. The molecule has 1 aromatic carbocycles. The highest BCUT2D eigenvalue weighted by atomic mass is 16.6. The Labute approximate surface area is 143 Å². The summed E-state index contributed by atoms with van der Waals surface area (Å²) >= 11 is 0. The minimum atomic E-state index is -0.549. The van der Waals surface area contributed by atoms with E-state index in [0.29, 0.717) is 17.8 Å². The number of para-hydroxylation sites is 2. The summed E-state index contributed by atoms with van der Waals surface area (Å²) < 4.78 is 12.0. The van der Waals surface area contributed by atoms with Crippen LogP contribution in [0.25, 0.3) is 0 Å². The number of hydrogen-bond acceptors (Lipinski definition) is 4. The molecule has 130 valence electrons. The average molecular weight is 330 g/mol. The van der Waals surface area contributed by atoms with Gasteiger partial charge in [0.25, 0.3) is 5.91 Å². The number of ether oxygens (including phenoxy) is 2. The maximum Gasteiger partial charge on any atom is 0.267 e. The molecular weight excluding hydrogens is 304 g/mol. The van der Waals surface area contributed by atoms with E-state index < -0.39 is 6.10 Å². The number of likely N-dealkylation sites (N-methyl/N-ethyl adjacent to an activating group) is 1. The highest BCUT2D eigenvalue weighted by Gasteiger charge is 2.44. The molecule has 4 atom stereocenters. The number of hydrogen-bond donors (Lipinski definition) is 0. The van der Waals surface area contributed by atoms with Crippen LogP contribution >= 0.6 is 0 Å². The Morgan fingerprint density at radius 1 is 1.04 bits per heavy atom. The summed E-state index contributed by atoms with van der Waals surface area (Å²) in [5, 5.41) is 0. The molecule has 1 amide bonds. The highest BCUT2D eigenvalue weighted by Crippen LogP contribution is 2.35. The molecule has 0 saturated carbocycles. The van der Waals surface area contributed by atoms with Gasteiger partial charge in [-0.05, 0) is 58.3 Å². The van der Waals surface area contributed by atoms with E-state index in [1.807, 2.05) is 31.2 Å². The van der Waals surface area contributed by atoms with Gasteiger partial charge in [-0.25, -0.2) is 0 Å². The van der Waals surface area contributed by atoms with Crippen molar-refractivity contribution >= 4 is 5.91 Å². The normalized spacial score (nSPS) is 33.0. The van der Waals surface area contributed by atoms with Gasteiger partial charge in [0.05, 0.1) is 0 Å². The van der Waals surface area contributed by atoms with Crippen LogP contribution in [0.15, 0.2) is 24.3 Å². The zero-order valence-electron chi connectivity index (χ0n) is 14.5. The molecule has 0 radical (unpaired) electrons. The van der Waals surface area contributed by atoms with Crippen LogP contribution in [0, 0.1) is 0 Å². The Bertz CT molecular complexity index is 620. The molecule has 1 aromatic rings. The molecule has 0 N–H and O–H groups in total. The van der Waals surface area contributed by atoms with E-state index in [-0.39, 0.29) is 12.0 Å². The first-order valence-corrected chi connectivity index (χ1v) is 9.08. The fourth-order valence-electron chi connectivity index (χ4n) is 4.44. The highest BCUT2D eigenvalue weighted by molar-refractivity contribution is 5.83. The van der Waals surface area contributed by atoms with Crippen molar-refractivity contribution in [3.05, 3.63) is 24.3 Å². The van der Waals surface area contributed by atoms with Gasteiger partial charge in [0.2, 0.25) is 6.10 Å². The van der Waals surface area contributed by atoms with Crippen molar-refractivity contribution in [1.82, 2.24) is 9.80 Å². The van der Waals surface area contributed by atoms with Crippen LogP contribution in [0.3, 0.4) is 0 Å². The maximum absolute atomic E-state index is 13.2. The van der Waals surface area contributed by atoms with Gasteiger partial charge in [-0.2, -0.15) is 0 Å². The van der Waals surface area contributed by atoms with E-state index in [2.05, 4.69) is 16.8 Å². The summed E-state index contributed by atoms with van der Waals surface area (Å²) in [6.45, 7) is 3.89. The van der Waals surface area contributed by atoms with Crippen molar-refractivity contribution in [3.63, 3.8) is 0 Å².